The number of guanidine groups is 1. The molecule has 0 saturated heterocycles. The molecule has 0 fully saturated rings. The Morgan fingerprint density at radius 2 is 2.12 bits per heavy atom. The SMILES string of the molecule is CCc1cnc(CNC(=NC)NCCc2cc(C)ccc2OC)s1.I. The van der Waals surface area contributed by atoms with Crippen molar-refractivity contribution in [2.45, 2.75) is 33.2 Å². The van der Waals surface area contributed by atoms with Gasteiger partial charge in [0.1, 0.15) is 10.8 Å². The lowest BCUT2D eigenvalue weighted by atomic mass is 10.1. The molecule has 1 heterocycles. The molecule has 5 nitrogen and oxygen atoms in total. The van der Waals surface area contributed by atoms with Gasteiger partial charge in [-0.1, -0.05) is 24.6 Å². The Labute approximate surface area is 171 Å². The van der Waals surface area contributed by atoms with E-state index in [1.807, 2.05) is 12.3 Å². The first-order valence-electron chi connectivity index (χ1n) is 8.17. The van der Waals surface area contributed by atoms with E-state index < -0.39 is 0 Å². The maximum Gasteiger partial charge on any atom is 0.191 e. The number of ether oxygens (including phenoxy) is 1. The zero-order valence-electron chi connectivity index (χ0n) is 15.3. The van der Waals surface area contributed by atoms with Crippen molar-refractivity contribution in [3.05, 3.63) is 45.4 Å². The van der Waals surface area contributed by atoms with Gasteiger partial charge in [-0.3, -0.25) is 4.99 Å². The number of aliphatic imine (C=N–C) groups is 1. The van der Waals surface area contributed by atoms with E-state index in [9.17, 15) is 0 Å². The average Bonchev–Trinajstić information content (AvgIpc) is 3.06. The number of benzene rings is 1. The average molecular weight is 474 g/mol. The summed E-state index contributed by atoms with van der Waals surface area (Å²) < 4.78 is 5.42. The van der Waals surface area contributed by atoms with E-state index >= 15 is 0 Å². The number of methoxy groups -OCH3 is 1. The summed E-state index contributed by atoms with van der Waals surface area (Å²) in [6.45, 7) is 5.72. The standard InChI is InChI=1S/C18H26N4OS.HI/c1-5-15-11-21-17(24-15)12-22-18(19-3)20-9-8-14-10-13(2)6-7-16(14)23-4;/h6-7,10-11H,5,8-9,12H2,1-4H3,(H2,19,20,22);1H. The lowest BCUT2D eigenvalue weighted by molar-refractivity contribution is 0.409. The molecule has 0 radical (unpaired) electrons. The normalized spacial score (nSPS) is 11.0. The van der Waals surface area contributed by atoms with E-state index in [0.29, 0.717) is 6.54 Å². The Morgan fingerprint density at radius 1 is 1.32 bits per heavy atom. The largest absolute Gasteiger partial charge is 0.496 e. The monoisotopic (exact) mass is 474 g/mol. The fraction of sp³-hybridized carbons (Fsp3) is 0.444. The smallest absolute Gasteiger partial charge is 0.191 e. The van der Waals surface area contributed by atoms with Gasteiger partial charge in [0, 0.05) is 24.7 Å². The fourth-order valence-corrected chi connectivity index (χ4v) is 3.19. The molecule has 0 aliphatic heterocycles. The first-order valence-corrected chi connectivity index (χ1v) is 8.99. The molecule has 0 amide bonds. The number of hydrogen-bond donors (Lipinski definition) is 2. The zero-order valence-corrected chi connectivity index (χ0v) is 18.4. The van der Waals surface area contributed by atoms with Crippen LogP contribution in [0.5, 0.6) is 5.75 Å². The van der Waals surface area contributed by atoms with Crippen molar-refractivity contribution in [2.75, 3.05) is 20.7 Å². The summed E-state index contributed by atoms with van der Waals surface area (Å²) in [5.41, 5.74) is 2.44. The van der Waals surface area contributed by atoms with Gasteiger partial charge in [-0.25, -0.2) is 4.98 Å². The lowest BCUT2D eigenvalue weighted by Gasteiger charge is -2.13. The van der Waals surface area contributed by atoms with E-state index in [2.05, 4.69) is 46.6 Å². The van der Waals surface area contributed by atoms with Crippen LogP contribution < -0.4 is 15.4 Å². The molecule has 2 rings (SSSR count). The number of thiazole rings is 1. The maximum absolute atomic E-state index is 5.42. The van der Waals surface area contributed by atoms with Crippen molar-refractivity contribution in [2.24, 2.45) is 4.99 Å². The van der Waals surface area contributed by atoms with E-state index in [1.54, 1.807) is 25.5 Å². The van der Waals surface area contributed by atoms with Crippen molar-refractivity contribution in [1.82, 2.24) is 15.6 Å². The molecule has 138 valence electrons. The van der Waals surface area contributed by atoms with Gasteiger partial charge in [0.05, 0.1) is 13.7 Å². The zero-order chi connectivity index (χ0) is 17.4. The molecular weight excluding hydrogens is 447 g/mol. The first kappa shape index (κ1) is 21.7. The quantitative estimate of drug-likeness (QED) is 0.366. The highest BCUT2D eigenvalue weighted by Crippen LogP contribution is 2.19. The molecule has 0 bridgehead atoms. The minimum absolute atomic E-state index is 0. The second kappa shape index (κ2) is 11.3. The first-order chi connectivity index (χ1) is 11.7. The Bertz CT molecular complexity index is 687. The van der Waals surface area contributed by atoms with Crippen LogP contribution in [0.2, 0.25) is 0 Å². The van der Waals surface area contributed by atoms with E-state index in [0.717, 1.165) is 36.1 Å². The van der Waals surface area contributed by atoms with Gasteiger partial charge >= 0.3 is 0 Å². The number of rotatable bonds is 7. The van der Waals surface area contributed by atoms with Crippen LogP contribution >= 0.6 is 35.3 Å². The predicted molar refractivity (Wildman–Crippen MR) is 117 cm³/mol. The Hall–Kier alpha value is -1.35. The molecule has 0 spiro atoms. The van der Waals surface area contributed by atoms with E-state index in [-0.39, 0.29) is 24.0 Å². The number of hydrogen-bond acceptors (Lipinski definition) is 4. The molecule has 7 heteroatoms. The molecule has 2 N–H and O–H groups in total. The second-order valence-electron chi connectivity index (χ2n) is 5.49. The summed E-state index contributed by atoms with van der Waals surface area (Å²) in [7, 11) is 3.49. The third-order valence-electron chi connectivity index (χ3n) is 3.70. The number of nitrogens with zero attached hydrogens (tertiary/aromatic N) is 2. The molecule has 25 heavy (non-hydrogen) atoms. The van der Waals surface area contributed by atoms with Crippen molar-refractivity contribution in [3.8, 4) is 5.75 Å². The highest BCUT2D eigenvalue weighted by molar-refractivity contribution is 14.0. The second-order valence-corrected chi connectivity index (χ2v) is 6.69. The summed E-state index contributed by atoms with van der Waals surface area (Å²) in [6.07, 6.45) is 3.85. The van der Waals surface area contributed by atoms with Crippen LogP contribution in [-0.2, 0) is 19.4 Å². The van der Waals surface area contributed by atoms with Crippen molar-refractivity contribution >= 4 is 41.3 Å². The van der Waals surface area contributed by atoms with E-state index in [1.165, 1.54) is 16.0 Å². The molecule has 0 aliphatic carbocycles. The van der Waals surface area contributed by atoms with Gasteiger partial charge in [-0.15, -0.1) is 35.3 Å². The lowest BCUT2D eigenvalue weighted by Crippen LogP contribution is -2.37. The molecule has 0 aliphatic rings. The van der Waals surface area contributed by atoms with Crippen LogP contribution in [0.3, 0.4) is 0 Å². The molecule has 2 aromatic rings. The minimum atomic E-state index is 0. The van der Waals surface area contributed by atoms with E-state index in [4.69, 9.17) is 4.74 Å². The highest BCUT2D eigenvalue weighted by Gasteiger charge is 2.05. The third-order valence-corrected chi connectivity index (χ3v) is 4.84. The van der Waals surface area contributed by atoms with Crippen molar-refractivity contribution < 1.29 is 4.74 Å². The van der Waals surface area contributed by atoms with Crippen molar-refractivity contribution in [1.29, 1.82) is 0 Å². The predicted octanol–water partition coefficient (Wildman–Crippen LogP) is 3.55. The van der Waals surface area contributed by atoms with Crippen LogP contribution in [0, 0.1) is 6.92 Å². The van der Waals surface area contributed by atoms with Gasteiger partial charge < -0.3 is 15.4 Å². The topological polar surface area (TPSA) is 58.5 Å². The van der Waals surface area contributed by atoms with Crippen LogP contribution in [0.15, 0.2) is 29.4 Å². The van der Waals surface area contributed by atoms with Crippen LogP contribution in [0.1, 0.15) is 27.9 Å². The number of halogens is 1. The molecule has 1 aromatic heterocycles. The van der Waals surface area contributed by atoms with Gasteiger partial charge in [0.15, 0.2) is 5.96 Å². The summed E-state index contributed by atoms with van der Waals surface area (Å²) in [5.74, 6) is 1.72. The van der Waals surface area contributed by atoms with Crippen LogP contribution in [0.4, 0.5) is 0 Å². The Morgan fingerprint density at radius 3 is 2.76 bits per heavy atom. The number of aromatic nitrogens is 1. The van der Waals surface area contributed by atoms with Crippen molar-refractivity contribution in [3.63, 3.8) is 0 Å². The molecule has 0 atom stereocenters. The molecule has 0 unspecified atom stereocenters. The van der Waals surface area contributed by atoms with Gasteiger partial charge in [0.2, 0.25) is 0 Å². The molecule has 0 saturated carbocycles. The molecule has 1 aromatic carbocycles. The van der Waals surface area contributed by atoms with Gasteiger partial charge in [-0.05, 0) is 31.4 Å². The Kier molecular flexibility index (Phi) is 9.81. The summed E-state index contributed by atoms with van der Waals surface area (Å²) in [4.78, 5) is 9.98. The maximum atomic E-state index is 5.42. The van der Waals surface area contributed by atoms with Gasteiger partial charge in [0.25, 0.3) is 0 Å². The van der Waals surface area contributed by atoms with Crippen LogP contribution in [0.25, 0.3) is 0 Å². The summed E-state index contributed by atoms with van der Waals surface area (Å²) in [6, 6.07) is 6.25. The number of aryl methyl sites for hydroxylation is 2. The number of nitrogens with one attached hydrogen (secondary N) is 2. The summed E-state index contributed by atoms with van der Waals surface area (Å²) >= 11 is 1.74. The highest BCUT2D eigenvalue weighted by atomic mass is 127. The van der Waals surface area contributed by atoms with Crippen LogP contribution in [-0.4, -0.2) is 31.6 Å². The van der Waals surface area contributed by atoms with Gasteiger partial charge in [-0.2, -0.15) is 0 Å². The third kappa shape index (κ3) is 6.81. The minimum Gasteiger partial charge on any atom is -0.496 e. The Balaban J connectivity index is 0.00000312. The fourth-order valence-electron chi connectivity index (χ4n) is 2.39. The molecular formula is C18H27IN4OS. The summed E-state index contributed by atoms with van der Waals surface area (Å²) in [5, 5.41) is 7.72.